The maximum atomic E-state index is 12.5. The van der Waals surface area contributed by atoms with Gasteiger partial charge in [0.25, 0.3) is 5.78 Å². The SMILES string of the molecule is O=C(Cn1nc2ncccn2c1=O)N1CCc2ccccc21. The van der Waals surface area contributed by atoms with Crippen molar-refractivity contribution in [2.75, 3.05) is 11.4 Å². The predicted octanol–water partition coefficient (Wildman–Crippen LogP) is 0.480. The Morgan fingerprint density at radius 3 is 2.95 bits per heavy atom. The molecule has 0 radical (unpaired) electrons. The molecule has 0 spiro atoms. The van der Waals surface area contributed by atoms with Gasteiger partial charge in [-0.25, -0.2) is 18.9 Å². The average molecular weight is 295 g/mol. The van der Waals surface area contributed by atoms with Gasteiger partial charge in [-0.3, -0.25) is 4.79 Å². The second-order valence-corrected chi connectivity index (χ2v) is 5.15. The third kappa shape index (κ3) is 1.90. The summed E-state index contributed by atoms with van der Waals surface area (Å²) in [6.07, 6.45) is 3.98. The lowest BCUT2D eigenvalue weighted by Crippen LogP contribution is -2.35. The van der Waals surface area contributed by atoms with Gasteiger partial charge in [-0.05, 0) is 24.1 Å². The smallest absolute Gasteiger partial charge is 0.310 e. The summed E-state index contributed by atoms with van der Waals surface area (Å²) >= 11 is 0. The number of hydrogen-bond acceptors (Lipinski definition) is 4. The summed E-state index contributed by atoms with van der Waals surface area (Å²) in [7, 11) is 0. The molecule has 110 valence electrons. The van der Waals surface area contributed by atoms with E-state index in [2.05, 4.69) is 10.1 Å². The molecule has 0 saturated carbocycles. The molecule has 3 aromatic rings. The summed E-state index contributed by atoms with van der Waals surface area (Å²) in [4.78, 5) is 30.4. The van der Waals surface area contributed by atoms with E-state index in [-0.39, 0.29) is 18.1 Å². The van der Waals surface area contributed by atoms with Crippen molar-refractivity contribution in [2.45, 2.75) is 13.0 Å². The molecule has 0 bridgehead atoms. The zero-order chi connectivity index (χ0) is 15.1. The first-order valence-corrected chi connectivity index (χ1v) is 7.02. The molecule has 0 atom stereocenters. The van der Waals surface area contributed by atoms with Gasteiger partial charge < -0.3 is 4.90 Å². The standard InChI is InChI=1S/C15H13N5O2/c21-13(18-9-6-11-4-1-2-5-12(11)18)10-20-15(22)19-8-3-7-16-14(19)17-20/h1-5,7-8H,6,9-10H2. The Hall–Kier alpha value is -2.96. The summed E-state index contributed by atoms with van der Waals surface area (Å²) < 4.78 is 2.48. The molecular weight excluding hydrogens is 282 g/mol. The minimum atomic E-state index is -0.357. The predicted molar refractivity (Wildman–Crippen MR) is 79.7 cm³/mol. The molecule has 1 aliphatic rings. The summed E-state index contributed by atoms with van der Waals surface area (Å²) in [5, 5.41) is 4.09. The van der Waals surface area contributed by atoms with Crippen LogP contribution in [0, 0.1) is 0 Å². The van der Waals surface area contributed by atoms with Crippen LogP contribution in [0.2, 0.25) is 0 Å². The number of benzene rings is 1. The number of para-hydroxylation sites is 1. The van der Waals surface area contributed by atoms with Gasteiger partial charge in [0, 0.05) is 24.6 Å². The topological polar surface area (TPSA) is 72.5 Å². The molecule has 7 heteroatoms. The van der Waals surface area contributed by atoms with E-state index >= 15 is 0 Å². The number of nitrogens with zero attached hydrogens (tertiary/aromatic N) is 5. The normalized spacial score (nSPS) is 13.5. The molecule has 22 heavy (non-hydrogen) atoms. The Kier molecular flexibility index (Phi) is 2.78. The molecular formula is C15H13N5O2. The summed E-state index contributed by atoms with van der Waals surface area (Å²) in [6, 6.07) is 9.47. The summed E-state index contributed by atoms with van der Waals surface area (Å²) in [5.41, 5.74) is 1.71. The average Bonchev–Trinajstić information content (AvgIpc) is 3.10. The number of rotatable bonds is 2. The molecule has 0 unspecified atom stereocenters. The Balaban J connectivity index is 1.65. The Bertz CT molecular complexity index is 927. The number of anilines is 1. The van der Waals surface area contributed by atoms with Crippen LogP contribution in [-0.4, -0.2) is 31.6 Å². The monoisotopic (exact) mass is 295 g/mol. The van der Waals surface area contributed by atoms with Gasteiger partial charge in [-0.2, -0.15) is 0 Å². The highest BCUT2D eigenvalue weighted by atomic mass is 16.2. The highest BCUT2D eigenvalue weighted by Gasteiger charge is 2.25. The van der Waals surface area contributed by atoms with Crippen molar-refractivity contribution in [2.24, 2.45) is 0 Å². The van der Waals surface area contributed by atoms with Crippen molar-refractivity contribution in [1.82, 2.24) is 19.2 Å². The third-order valence-corrected chi connectivity index (χ3v) is 3.84. The van der Waals surface area contributed by atoms with Gasteiger partial charge in [0.2, 0.25) is 5.91 Å². The van der Waals surface area contributed by atoms with Crippen LogP contribution in [0.5, 0.6) is 0 Å². The van der Waals surface area contributed by atoms with Crippen LogP contribution in [-0.2, 0) is 17.8 Å². The fraction of sp³-hybridized carbons (Fsp3) is 0.200. The van der Waals surface area contributed by atoms with E-state index in [1.807, 2.05) is 24.3 Å². The maximum absolute atomic E-state index is 12.5. The molecule has 0 saturated heterocycles. The van der Waals surface area contributed by atoms with Crippen LogP contribution in [0.3, 0.4) is 0 Å². The van der Waals surface area contributed by atoms with Crippen molar-refractivity contribution in [3.8, 4) is 0 Å². The first-order chi connectivity index (χ1) is 10.7. The van der Waals surface area contributed by atoms with Crippen molar-refractivity contribution in [1.29, 1.82) is 0 Å². The number of carbonyl (C=O) groups excluding carboxylic acids is 1. The van der Waals surface area contributed by atoms with Crippen LogP contribution in [0.15, 0.2) is 47.5 Å². The van der Waals surface area contributed by atoms with Gasteiger partial charge in [-0.15, -0.1) is 5.10 Å². The largest absolute Gasteiger partial charge is 0.352 e. The Morgan fingerprint density at radius 2 is 2.09 bits per heavy atom. The third-order valence-electron chi connectivity index (χ3n) is 3.84. The molecule has 2 aromatic heterocycles. The van der Waals surface area contributed by atoms with Crippen LogP contribution >= 0.6 is 0 Å². The maximum Gasteiger partial charge on any atom is 0.352 e. The second kappa shape index (κ2) is 4.80. The van der Waals surface area contributed by atoms with Gasteiger partial charge in [-0.1, -0.05) is 18.2 Å². The van der Waals surface area contributed by atoms with Crippen LogP contribution < -0.4 is 10.6 Å². The van der Waals surface area contributed by atoms with E-state index in [1.165, 1.54) is 4.40 Å². The van der Waals surface area contributed by atoms with Gasteiger partial charge in [0.05, 0.1) is 0 Å². The number of carbonyl (C=O) groups is 1. The molecule has 0 N–H and O–H groups in total. The van der Waals surface area contributed by atoms with Gasteiger partial charge in [0.15, 0.2) is 0 Å². The Morgan fingerprint density at radius 1 is 1.23 bits per heavy atom. The minimum Gasteiger partial charge on any atom is -0.310 e. The lowest BCUT2D eigenvalue weighted by Gasteiger charge is -2.16. The summed E-state index contributed by atoms with van der Waals surface area (Å²) in [5.74, 6) is 0.151. The number of fused-ring (bicyclic) bond motifs is 2. The van der Waals surface area contributed by atoms with Crippen molar-refractivity contribution < 1.29 is 4.79 Å². The van der Waals surface area contributed by atoms with Gasteiger partial charge >= 0.3 is 5.69 Å². The molecule has 0 aliphatic carbocycles. The highest BCUT2D eigenvalue weighted by Crippen LogP contribution is 2.27. The number of amides is 1. The first-order valence-electron chi connectivity index (χ1n) is 7.02. The van der Waals surface area contributed by atoms with Crippen LogP contribution in [0.1, 0.15) is 5.56 Å². The Labute approximate surface area is 125 Å². The molecule has 3 heterocycles. The lowest BCUT2D eigenvalue weighted by atomic mass is 10.2. The molecule has 1 aromatic carbocycles. The fourth-order valence-electron chi connectivity index (χ4n) is 2.78. The highest BCUT2D eigenvalue weighted by molar-refractivity contribution is 5.95. The van der Waals surface area contributed by atoms with Crippen molar-refractivity contribution in [3.63, 3.8) is 0 Å². The lowest BCUT2D eigenvalue weighted by molar-refractivity contribution is -0.119. The number of hydrogen-bond donors (Lipinski definition) is 0. The zero-order valence-electron chi connectivity index (χ0n) is 11.7. The van der Waals surface area contributed by atoms with E-state index < -0.39 is 0 Å². The van der Waals surface area contributed by atoms with E-state index in [9.17, 15) is 9.59 Å². The van der Waals surface area contributed by atoms with E-state index in [1.54, 1.807) is 23.4 Å². The van der Waals surface area contributed by atoms with Crippen molar-refractivity contribution in [3.05, 3.63) is 58.8 Å². The minimum absolute atomic E-state index is 0.0868. The van der Waals surface area contributed by atoms with Crippen molar-refractivity contribution >= 4 is 17.4 Å². The van der Waals surface area contributed by atoms with Crippen LogP contribution in [0.4, 0.5) is 5.69 Å². The van der Waals surface area contributed by atoms with E-state index in [4.69, 9.17) is 0 Å². The van der Waals surface area contributed by atoms with E-state index in [0.29, 0.717) is 12.3 Å². The molecule has 1 amide bonds. The summed E-state index contributed by atoms with van der Waals surface area (Å²) in [6.45, 7) is 0.551. The van der Waals surface area contributed by atoms with Gasteiger partial charge in [0.1, 0.15) is 6.54 Å². The molecule has 7 nitrogen and oxygen atoms in total. The van der Waals surface area contributed by atoms with Crippen LogP contribution in [0.25, 0.3) is 5.78 Å². The molecule has 4 rings (SSSR count). The first kappa shape index (κ1) is 12.8. The molecule has 1 aliphatic heterocycles. The molecule has 0 fully saturated rings. The second-order valence-electron chi connectivity index (χ2n) is 5.15. The number of aromatic nitrogens is 4. The zero-order valence-corrected chi connectivity index (χ0v) is 11.7. The fourth-order valence-corrected chi connectivity index (χ4v) is 2.78. The quantitative estimate of drug-likeness (QED) is 0.689. The van der Waals surface area contributed by atoms with E-state index in [0.717, 1.165) is 22.4 Å².